The summed E-state index contributed by atoms with van der Waals surface area (Å²) >= 11 is 0. The molecular weight excluding hydrogens is 285 g/mol. The van der Waals surface area contributed by atoms with E-state index >= 15 is 0 Å². The van der Waals surface area contributed by atoms with Gasteiger partial charge in [-0.1, -0.05) is 60.7 Å². The van der Waals surface area contributed by atoms with Gasteiger partial charge in [-0.25, -0.2) is 4.79 Å². The zero-order valence-corrected chi connectivity index (χ0v) is 12.4. The standard InChI is InChI=1S/C16H16NO3P/c18-16-17(11-12-20-16)13-21(19,14-7-3-1-4-8-14)15-9-5-2-6-10-15/h1-10H,11-13H2. The van der Waals surface area contributed by atoms with Crippen molar-refractivity contribution in [2.45, 2.75) is 0 Å². The zero-order chi connectivity index (χ0) is 14.7. The first kappa shape index (κ1) is 13.9. The van der Waals surface area contributed by atoms with Gasteiger partial charge in [-0.2, -0.15) is 0 Å². The molecule has 21 heavy (non-hydrogen) atoms. The highest BCUT2D eigenvalue weighted by atomic mass is 31.2. The maximum Gasteiger partial charge on any atom is 0.410 e. The van der Waals surface area contributed by atoms with Crippen LogP contribution in [0.2, 0.25) is 0 Å². The summed E-state index contributed by atoms with van der Waals surface area (Å²) < 4.78 is 18.6. The molecule has 1 fully saturated rings. The summed E-state index contributed by atoms with van der Waals surface area (Å²) in [5, 5.41) is 1.52. The van der Waals surface area contributed by atoms with E-state index in [-0.39, 0.29) is 12.4 Å². The van der Waals surface area contributed by atoms with Gasteiger partial charge in [-0.15, -0.1) is 0 Å². The van der Waals surface area contributed by atoms with Gasteiger partial charge in [-0.3, -0.25) is 4.90 Å². The van der Waals surface area contributed by atoms with Crippen LogP contribution in [0, 0.1) is 0 Å². The van der Waals surface area contributed by atoms with Crippen molar-refractivity contribution < 1.29 is 14.1 Å². The molecule has 0 aromatic heterocycles. The van der Waals surface area contributed by atoms with Gasteiger partial charge in [0.1, 0.15) is 6.61 Å². The normalized spacial score (nSPS) is 15.0. The fourth-order valence-corrected chi connectivity index (χ4v) is 5.11. The molecule has 1 amide bonds. The number of hydrogen-bond acceptors (Lipinski definition) is 3. The second-order valence-corrected chi connectivity index (χ2v) is 7.73. The highest BCUT2D eigenvalue weighted by Crippen LogP contribution is 2.44. The molecule has 108 valence electrons. The predicted octanol–water partition coefficient (Wildman–Crippen LogP) is 2.41. The molecule has 2 aromatic carbocycles. The van der Waals surface area contributed by atoms with Gasteiger partial charge in [-0.05, 0) is 0 Å². The van der Waals surface area contributed by atoms with Crippen molar-refractivity contribution in [3.8, 4) is 0 Å². The van der Waals surface area contributed by atoms with Gasteiger partial charge in [0, 0.05) is 10.6 Å². The third kappa shape index (κ3) is 2.72. The molecule has 5 heteroatoms. The average Bonchev–Trinajstić information content (AvgIpc) is 2.94. The van der Waals surface area contributed by atoms with Crippen LogP contribution in [-0.2, 0) is 9.30 Å². The Kier molecular flexibility index (Phi) is 3.80. The minimum absolute atomic E-state index is 0.180. The SMILES string of the molecule is O=C1OCCN1CP(=O)(c1ccccc1)c1ccccc1. The smallest absolute Gasteiger partial charge is 0.410 e. The molecule has 0 bridgehead atoms. The summed E-state index contributed by atoms with van der Waals surface area (Å²) in [5.41, 5.74) is 0. The summed E-state index contributed by atoms with van der Waals surface area (Å²) in [5.74, 6) is 0. The van der Waals surface area contributed by atoms with Crippen molar-refractivity contribution in [1.29, 1.82) is 0 Å². The van der Waals surface area contributed by atoms with Crippen molar-refractivity contribution in [2.24, 2.45) is 0 Å². The van der Waals surface area contributed by atoms with E-state index in [4.69, 9.17) is 4.74 Å². The first-order chi connectivity index (χ1) is 10.2. The van der Waals surface area contributed by atoms with Crippen molar-refractivity contribution in [2.75, 3.05) is 19.4 Å². The van der Waals surface area contributed by atoms with Crippen LogP contribution in [0.1, 0.15) is 0 Å². The first-order valence-electron chi connectivity index (χ1n) is 6.82. The molecule has 4 nitrogen and oxygen atoms in total. The lowest BCUT2D eigenvalue weighted by molar-refractivity contribution is 0.162. The Hall–Kier alpha value is -2.06. The molecule has 0 unspecified atom stereocenters. The third-order valence-electron chi connectivity index (χ3n) is 3.56. The maximum absolute atomic E-state index is 13.7. The largest absolute Gasteiger partial charge is 0.448 e. The molecule has 0 aliphatic carbocycles. The number of amides is 1. The van der Waals surface area contributed by atoms with Crippen molar-refractivity contribution in [3.63, 3.8) is 0 Å². The maximum atomic E-state index is 13.7. The molecule has 0 saturated carbocycles. The van der Waals surface area contributed by atoms with Crippen molar-refractivity contribution in [1.82, 2.24) is 4.90 Å². The van der Waals surface area contributed by atoms with Gasteiger partial charge in [0.25, 0.3) is 0 Å². The van der Waals surface area contributed by atoms with Crippen LogP contribution in [0.3, 0.4) is 0 Å². The highest BCUT2D eigenvalue weighted by Gasteiger charge is 2.34. The van der Waals surface area contributed by atoms with Gasteiger partial charge in [0.05, 0.1) is 12.8 Å². The summed E-state index contributed by atoms with van der Waals surface area (Å²) in [6.45, 7) is 0.852. The molecule has 1 saturated heterocycles. The van der Waals surface area contributed by atoms with E-state index in [9.17, 15) is 9.36 Å². The van der Waals surface area contributed by atoms with Crippen LogP contribution in [-0.4, -0.2) is 30.4 Å². The summed E-state index contributed by atoms with van der Waals surface area (Å²) in [4.78, 5) is 13.2. The Morgan fingerprint density at radius 1 is 0.952 bits per heavy atom. The lowest BCUT2D eigenvalue weighted by atomic mass is 10.4. The predicted molar refractivity (Wildman–Crippen MR) is 82.7 cm³/mol. The van der Waals surface area contributed by atoms with E-state index in [2.05, 4.69) is 0 Å². The van der Waals surface area contributed by atoms with Crippen LogP contribution in [0.15, 0.2) is 60.7 Å². The monoisotopic (exact) mass is 301 g/mol. The molecule has 0 atom stereocenters. The van der Waals surface area contributed by atoms with E-state index < -0.39 is 7.14 Å². The van der Waals surface area contributed by atoms with Crippen LogP contribution in [0.5, 0.6) is 0 Å². The fraction of sp³-hybridized carbons (Fsp3) is 0.188. The number of cyclic esters (lactones) is 1. The Bertz CT molecular complexity index is 629. The third-order valence-corrected chi connectivity index (χ3v) is 6.57. The Morgan fingerprint density at radius 2 is 1.48 bits per heavy atom. The van der Waals surface area contributed by atoms with E-state index in [0.29, 0.717) is 13.2 Å². The van der Waals surface area contributed by atoms with Crippen LogP contribution in [0.25, 0.3) is 0 Å². The molecule has 2 aromatic rings. The van der Waals surface area contributed by atoms with Crippen molar-refractivity contribution >= 4 is 23.8 Å². The Labute approximate surface area is 123 Å². The fourth-order valence-electron chi connectivity index (χ4n) is 2.44. The molecule has 0 radical (unpaired) electrons. The highest BCUT2D eigenvalue weighted by molar-refractivity contribution is 7.78. The average molecular weight is 301 g/mol. The molecule has 1 aliphatic heterocycles. The lowest BCUT2D eigenvalue weighted by Gasteiger charge is -2.23. The lowest BCUT2D eigenvalue weighted by Crippen LogP contribution is -2.31. The second kappa shape index (κ2) is 5.74. The minimum atomic E-state index is -2.89. The Balaban J connectivity index is 2.03. The molecule has 1 heterocycles. The van der Waals surface area contributed by atoms with E-state index in [1.165, 1.54) is 4.90 Å². The Morgan fingerprint density at radius 3 is 1.90 bits per heavy atom. The summed E-state index contributed by atoms with van der Waals surface area (Å²) in [6.07, 6.45) is -0.207. The van der Waals surface area contributed by atoms with Crippen molar-refractivity contribution in [3.05, 3.63) is 60.7 Å². The number of hydrogen-bond donors (Lipinski definition) is 0. The van der Waals surface area contributed by atoms with Crippen LogP contribution < -0.4 is 10.6 Å². The number of ether oxygens (including phenoxy) is 1. The molecular formula is C16H16NO3P. The number of benzene rings is 2. The molecule has 0 N–H and O–H groups in total. The van der Waals surface area contributed by atoms with Gasteiger partial charge < -0.3 is 9.30 Å². The van der Waals surface area contributed by atoms with Crippen LogP contribution >= 0.6 is 7.14 Å². The molecule has 3 rings (SSSR count). The number of nitrogens with zero attached hydrogens (tertiary/aromatic N) is 1. The number of carbonyl (C=O) groups excluding carboxylic acids is 1. The topological polar surface area (TPSA) is 46.6 Å². The van der Waals surface area contributed by atoms with E-state index in [1.54, 1.807) is 0 Å². The second-order valence-electron chi connectivity index (χ2n) is 4.93. The molecule has 1 aliphatic rings. The van der Waals surface area contributed by atoms with Crippen LogP contribution in [0.4, 0.5) is 4.79 Å². The van der Waals surface area contributed by atoms with E-state index in [1.807, 2.05) is 60.7 Å². The first-order valence-corrected chi connectivity index (χ1v) is 8.71. The van der Waals surface area contributed by atoms with Gasteiger partial charge in [0.15, 0.2) is 7.14 Å². The van der Waals surface area contributed by atoms with Gasteiger partial charge in [0.2, 0.25) is 0 Å². The quantitative estimate of drug-likeness (QED) is 0.815. The number of rotatable bonds is 4. The minimum Gasteiger partial charge on any atom is -0.448 e. The zero-order valence-electron chi connectivity index (χ0n) is 11.5. The summed E-state index contributed by atoms with van der Waals surface area (Å²) in [7, 11) is -2.89. The molecule has 0 spiro atoms. The number of carbonyl (C=O) groups is 1. The summed E-state index contributed by atoms with van der Waals surface area (Å²) in [6, 6.07) is 18.7. The van der Waals surface area contributed by atoms with E-state index in [0.717, 1.165) is 10.6 Å². The van der Waals surface area contributed by atoms with Gasteiger partial charge >= 0.3 is 6.09 Å².